The molecule has 7 heteroatoms. The molecule has 0 aliphatic carbocycles. The molecule has 1 aromatic carbocycles. The van der Waals surface area contributed by atoms with Crippen LogP contribution in [0.3, 0.4) is 0 Å². The molecule has 94 valence electrons. The Hall–Kier alpha value is -2.44. The molecule has 2 rings (SSSR count). The van der Waals surface area contributed by atoms with Crippen LogP contribution in [0, 0.1) is 0 Å². The van der Waals surface area contributed by atoms with Crippen molar-refractivity contribution in [2.75, 3.05) is 5.73 Å². The van der Waals surface area contributed by atoms with E-state index in [1.54, 1.807) is 25.2 Å². The van der Waals surface area contributed by atoms with Gasteiger partial charge < -0.3 is 10.5 Å². The number of tetrazole rings is 1. The lowest BCUT2D eigenvalue weighted by Gasteiger charge is -2.08. The second kappa shape index (κ2) is 4.82. The number of aryl methyl sites for hydroxylation is 1. The average molecular weight is 247 g/mol. The van der Waals surface area contributed by atoms with E-state index in [0.717, 1.165) is 0 Å². The van der Waals surface area contributed by atoms with Crippen molar-refractivity contribution in [1.82, 2.24) is 20.2 Å². The number of nitrogens with two attached hydrogens (primary N) is 1. The second-order valence-corrected chi connectivity index (χ2v) is 3.80. The van der Waals surface area contributed by atoms with E-state index in [4.69, 9.17) is 10.5 Å². The summed E-state index contributed by atoms with van der Waals surface area (Å²) in [6.07, 6.45) is 0. The van der Waals surface area contributed by atoms with Crippen LogP contribution in [-0.2, 0) is 13.7 Å². The van der Waals surface area contributed by atoms with Crippen molar-refractivity contribution in [3.8, 4) is 5.75 Å². The molecule has 2 N–H and O–H groups in total. The number of hydrogen-bond donors (Lipinski definition) is 1. The zero-order chi connectivity index (χ0) is 13.1. The Balaban J connectivity index is 2.16. The van der Waals surface area contributed by atoms with Gasteiger partial charge in [0.25, 0.3) is 0 Å². The first-order valence-electron chi connectivity index (χ1n) is 5.32. The number of nitrogen functional groups attached to an aromatic ring is 1. The maximum Gasteiger partial charge on any atom is 0.212 e. The number of carbonyl (C=O) groups is 1. The second-order valence-electron chi connectivity index (χ2n) is 3.80. The lowest BCUT2D eigenvalue weighted by atomic mass is 10.1. The predicted molar refractivity (Wildman–Crippen MR) is 64.0 cm³/mol. The van der Waals surface area contributed by atoms with Gasteiger partial charge in [0, 0.05) is 5.69 Å². The molecule has 0 bridgehead atoms. The monoisotopic (exact) mass is 247 g/mol. The Bertz CT molecular complexity index is 579. The normalized spacial score (nSPS) is 10.3. The van der Waals surface area contributed by atoms with Gasteiger partial charge in [0.05, 0.1) is 12.6 Å². The average Bonchev–Trinajstić information content (AvgIpc) is 2.73. The first kappa shape index (κ1) is 12.0. The third-order valence-corrected chi connectivity index (χ3v) is 2.29. The predicted octanol–water partition coefficient (Wildman–Crippen LogP) is 0.574. The summed E-state index contributed by atoms with van der Waals surface area (Å²) >= 11 is 0. The number of hydrogen-bond acceptors (Lipinski definition) is 6. The fourth-order valence-corrected chi connectivity index (χ4v) is 1.47. The molecule has 1 heterocycles. The van der Waals surface area contributed by atoms with Gasteiger partial charge in [0.15, 0.2) is 12.4 Å². The zero-order valence-electron chi connectivity index (χ0n) is 10.1. The highest BCUT2D eigenvalue weighted by atomic mass is 16.5. The summed E-state index contributed by atoms with van der Waals surface area (Å²) in [5, 5.41) is 11.5. The lowest BCUT2D eigenvalue weighted by Crippen LogP contribution is -2.04. The van der Waals surface area contributed by atoms with Crippen molar-refractivity contribution >= 4 is 11.5 Å². The van der Waals surface area contributed by atoms with Crippen molar-refractivity contribution in [3.63, 3.8) is 0 Å². The van der Waals surface area contributed by atoms with E-state index in [-0.39, 0.29) is 12.4 Å². The Labute approximate surface area is 104 Å². The van der Waals surface area contributed by atoms with Crippen molar-refractivity contribution in [2.24, 2.45) is 7.05 Å². The first-order chi connectivity index (χ1) is 8.56. The number of anilines is 1. The number of Topliss-reactive ketones (excluding diaryl/α,β-unsaturated/α-hetero) is 1. The molecule has 0 spiro atoms. The summed E-state index contributed by atoms with van der Waals surface area (Å²) in [6, 6.07) is 4.91. The quantitative estimate of drug-likeness (QED) is 0.627. The minimum absolute atomic E-state index is 0.107. The third-order valence-electron chi connectivity index (χ3n) is 2.29. The van der Waals surface area contributed by atoms with Gasteiger partial charge in [-0.15, -0.1) is 10.2 Å². The van der Waals surface area contributed by atoms with Gasteiger partial charge in [-0.1, -0.05) is 0 Å². The Morgan fingerprint density at radius 2 is 2.28 bits per heavy atom. The van der Waals surface area contributed by atoms with Crippen molar-refractivity contribution in [1.29, 1.82) is 0 Å². The van der Waals surface area contributed by atoms with Crippen LogP contribution < -0.4 is 10.5 Å². The Morgan fingerprint density at radius 3 is 2.89 bits per heavy atom. The SMILES string of the molecule is CC(=O)c1cc(N)ccc1OCc1nnn(C)n1. The molecule has 1 aromatic heterocycles. The van der Waals surface area contributed by atoms with Crippen LogP contribution in [0.4, 0.5) is 5.69 Å². The van der Waals surface area contributed by atoms with Crippen LogP contribution >= 0.6 is 0 Å². The van der Waals surface area contributed by atoms with Crippen molar-refractivity contribution in [2.45, 2.75) is 13.5 Å². The molecule has 7 nitrogen and oxygen atoms in total. The van der Waals surface area contributed by atoms with Crippen LogP contribution in [0.15, 0.2) is 18.2 Å². The lowest BCUT2D eigenvalue weighted by molar-refractivity contribution is 0.101. The first-order valence-corrected chi connectivity index (χ1v) is 5.32. The molecule has 0 atom stereocenters. The number of benzene rings is 1. The maximum absolute atomic E-state index is 11.5. The van der Waals surface area contributed by atoms with Crippen LogP contribution in [-0.4, -0.2) is 26.0 Å². The summed E-state index contributed by atoms with van der Waals surface area (Å²) in [5.41, 5.74) is 6.59. The number of nitrogens with zero attached hydrogens (tertiary/aromatic N) is 4. The van der Waals surface area contributed by atoms with Gasteiger partial charge in [0.1, 0.15) is 5.75 Å². The summed E-state index contributed by atoms with van der Waals surface area (Å²) in [4.78, 5) is 12.8. The molecule has 0 saturated heterocycles. The smallest absolute Gasteiger partial charge is 0.212 e. The molecular formula is C11H13N5O2. The fraction of sp³-hybridized carbons (Fsp3) is 0.273. The molecule has 2 aromatic rings. The number of ketones is 1. The van der Waals surface area contributed by atoms with E-state index in [2.05, 4.69) is 15.4 Å². The van der Waals surface area contributed by atoms with Gasteiger partial charge >= 0.3 is 0 Å². The number of carbonyl (C=O) groups excluding carboxylic acids is 1. The molecule has 0 saturated carbocycles. The van der Waals surface area contributed by atoms with E-state index < -0.39 is 0 Å². The van der Waals surface area contributed by atoms with E-state index in [9.17, 15) is 4.79 Å². The van der Waals surface area contributed by atoms with Crippen LogP contribution in [0.2, 0.25) is 0 Å². The molecule has 0 unspecified atom stereocenters. The van der Waals surface area contributed by atoms with E-state index in [1.165, 1.54) is 11.7 Å². The molecule has 0 amide bonds. The van der Waals surface area contributed by atoms with Crippen molar-refractivity contribution in [3.05, 3.63) is 29.6 Å². The van der Waals surface area contributed by atoms with Gasteiger partial charge in [-0.3, -0.25) is 4.79 Å². The molecular weight excluding hydrogens is 234 g/mol. The fourth-order valence-electron chi connectivity index (χ4n) is 1.47. The highest BCUT2D eigenvalue weighted by Gasteiger charge is 2.10. The molecule has 18 heavy (non-hydrogen) atoms. The summed E-state index contributed by atoms with van der Waals surface area (Å²) in [5.74, 6) is 0.803. The molecule has 0 fully saturated rings. The largest absolute Gasteiger partial charge is 0.485 e. The van der Waals surface area contributed by atoms with Gasteiger partial charge in [-0.05, 0) is 30.3 Å². The van der Waals surface area contributed by atoms with Crippen LogP contribution in [0.5, 0.6) is 5.75 Å². The topological polar surface area (TPSA) is 95.9 Å². The minimum Gasteiger partial charge on any atom is -0.485 e. The number of aromatic nitrogens is 4. The van der Waals surface area contributed by atoms with Gasteiger partial charge in [-0.25, -0.2) is 0 Å². The van der Waals surface area contributed by atoms with E-state index in [0.29, 0.717) is 22.8 Å². The Kier molecular flexibility index (Phi) is 3.22. The van der Waals surface area contributed by atoms with Crippen molar-refractivity contribution < 1.29 is 9.53 Å². The van der Waals surface area contributed by atoms with Gasteiger partial charge in [0.2, 0.25) is 5.82 Å². The van der Waals surface area contributed by atoms with E-state index >= 15 is 0 Å². The highest BCUT2D eigenvalue weighted by Crippen LogP contribution is 2.22. The summed E-state index contributed by atoms with van der Waals surface area (Å²) in [6.45, 7) is 1.61. The minimum atomic E-state index is -0.107. The van der Waals surface area contributed by atoms with E-state index in [1.807, 2.05) is 0 Å². The van der Waals surface area contributed by atoms with Crippen LogP contribution in [0.1, 0.15) is 23.1 Å². The van der Waals surface area contributed by atoms with Crippen LogP contribution in [0.25, 0.3) is 0 Å². The Morgan fingerprint density at radius 1 is 1.50 bits per heavy atom. The maximum atomic E-state index is 11.5. The zero-order valence-corrected chi connectivity index (χ0v) is 10.1. The summed E-state index contributed by atoms with van der Waals surface area (Å²) in [7, 11) is 1.67. The third kappa shape index (κ3) is 2.62. The van der Waals surface area contributed by atoms with Gasteiger partial charge in [-0.2, -0.15) is 4.80 Å². The molecule has 0 aliphatic rings. The standard InChI is InChI=1S/C11H13N5O2/c1-7(17)9-5-8(12)3-4-10(9)18-6-11-13-15-16(2)14-11/h3-5H,6,12H2,1-2H3. The highest BCUT2D eigenvalue weighted by molar-refractivity contribution is 5.97. The molecule has 0 aliphatic heterocycles. The summed E-state index contributed by atoms with van der Waals surface area (Å²) < 4.78 is 5.50. The number of rotatable bonds is 4. The molecule has 0 radical (unpaired) electrons. The number of ether oxygens (including phenoxy) is 1.